The largest absolute Gasteiger partial charge is 0.487 e. The Bertz CT molecular complexity index is 658. The predicted molar refractivity (Wildman–Crippen MR) is 96.3 cm³/mol. The van der Waals surface area contributed by atoms with Gasteiger partial charge in [-0.05, 0) is 36.8 Å². The highest BCUT2D eigenvalue weighted by atomic mass is 16.5. The molecule has 128 valence electrons. The lowest BCUT2D eigenvalue weighted by atomic mass is 10.1. The number of pyridine rings is 1. The molecule has 1 aliphatic heterocycles. The van der Waals surface area contributed by atoms with Crippen molar-refractivity contribution in [3.8, 4) is 5.75 Å². The highest BCUT2D eigenvalue weighted by molar-refractivity contribution is 5.48. The third-order valence-electron chi connectivity index (χ3n) is 3.82. The molecular formula is C19H25N3O2. The summed E-state index contributed by atoms with van der Waals surface area (Å²) in [6.07, 6.45) is 3.02. The van der Waals surface area contributed by atoms with Crippen LogP contribution in [0.4, 0.5) is 5.69 Å². The van der Waals surface area contributed by atoms with E-state index < -0.39 is 6.39 Å². The SMILES string of the molecule is CC.[3H]C(=O)NC(C)c1ccc(OC2CN(c3cccnc3)C2)cc1. The summed E-state index contributed by atoms with van der Waals surface area (Å²) < 4.78 is 12.9. The number of carbonyl (C=O) groups is 1. The Morgan fingerprint density at radius 2 is 2.04 bits per heavy atom. The first-order valence-corrected chi connectivity index (χ1v) is 8.30. The Morgan fingerprint density at radius 1 is 1.33 bits per heavy atom. The summed E-state index contributed by atoms with van der Waals surface area (Å²) in [5.41, 5.74) is 2.06. The molecule has 24 heavy (non-hydrogen) atoms. The minimum absolute atomic E-state index is 0.173. The molecule has 5 nitrogen and oxygen atoms in total. The fraction of sp³-hybridized carbons (Fsp3) is 0.368. The molecule has 1 amide bonds. The molecule has 1 unspecified atom stereocenters. The first kappa shape index (κ1) is 16.3. The number of benzene rings is 1. The topological polar surface area (TPSA) is 54.5 Å². The standard InChI is InChI=1S/C17H19N3O2.C2H6/c1-13(19-12-21)14-4-6-16(7-5-14)22-17-10-20(11-17)15-3-2-8-18-9-15;1-2/h2-9,12-13,17H,10-11H2,1H3,(H,19,21);1-2H3/i12T;. The van der Waals surface area contributed by atoms with Crippen LogP contribution >= 0.6 is 0 Å². The molecule has 1 saturated heterocycles. The average molecular weight is 329 g/mol. The van der Waals surface area contributed by atoms with Gasteiger partial charge in [0.05, 0.1) is 31.0 Å². The van der Waals surface area contributed by atoms with E-state index in [1.165, 1.54) is 0 Å². The van der Waals surface area contributed by atoms with Crippen molar-refractivity contribution in [2.75, 3.05) is 18.0 Å². The number of nitrogens with zero attached hydrogens (tertiary/aromatic N) is 2. The fourth-order valence-corrected chi connectivity index (χ4v) is 2.46. The summed E-state index contributed by atoms with van der Waals surface area (Å²) in [6, 6.07) is 11.4. The molecule has 2 heterocycles. The Hall–Kier alpha value is -2.56. The van der Waals surface area contributed by atoms with Crippen LogP contribution in [0.1, 0.15) is 33.7 Å². The maximum absolute atomic E-state index is 10.8. The van der Waals surface area contributed by atoms with Gasteiger partial charge in [-0.1, -0.05) is 26.0 Å². The van der Waals surface area contributed by atoms with Crippen molar-refractivity contribution in [3.63, 3.8) is 0 Å². The number of amides is 1. The van der Waals surface area contributed by atoms with Crippen LogP contribution in [0.25, 0.3) is 0 Å². The van der Waals surface area contributed by atoms with Crippen LogP contribution in [0.5, 0.6) is 5.75 Å². The highest BCUT2D eigenvalue weighted by Crippen LogP contribution is 2.24. The van der Waals surface area contributed by atoms with Crippen molar-refractivity contribution < 1.29 is 10.9 Å². The Morgan fingerprint density at radius 3 is 2.62 bits per heavy atom. The van der Waals surface area contributed by atoms with Gasteiger partial charge in [0.25, 0.3) is 0 Å². The zero-order valence-corrected chi connectivity index (χ0v) is 14.4. The lowest BCUT2D eigenvalue weighted by molar-refractivity contribution is -0.110. The van der Waals surface area contributed by atoms with Crippen molar-refractivity contribution in [1.29, 1.82) is 0 Å². The summed E-state index contributed by atoms with van der Waals surface area (Å²) in [6.45, 7) is 7.54. The molecular weight excluding hydrogens is 302 g/mol. The summed E-state index contributed by atoms with van der Waals surface area (Å²) >= 11 is 0. The molecule has 1 N–H and O–H groups in total. The van der Waals surface area contributed by atoms with Gasteiger partial charge in [-0.15, -0.1) is 0 Å². The van der Waals surface area contributed by atoms with Gasteiger partial charge in [-0.3, -0.25) is 9.78 Å². The summed E-state index contributed by atoms with van der Waals surface area (Å²) in [7, 11) is 0. The number of nitrogens with one attached hydrogen (secondary N) is 1. The number of hydrogen-bond donors (Lipinski definition) is 1. The summed E-state index contributed by atoms with van der Waals surface area (Å²) in [5, 5.41) is 2.54. The second-order valence-electron chi connectivity index (χ2n) is 5.39. The van der Waals surface area contributed by atoms with E-state index in [0.717, 1.165) is 30.1 Å². The molecule has 1 atom stereocenters. The molecule has 0 saturated carbocycles. The summed E-state index contributed by atoms with van der Waals surface area (Å²) in [4.78, 5) is 17.1. The van der Waals surface area contributed by atoms with Crippen LogP contribution in [-0.2, 0) is 4.79 Å². The smallest absolute Gasteiger partial charge is 0.207 e. The maximum atomic E-state index is 10.8. The molecule has 3 rings (SSSR count). The van der Waals surface area contributed by atoms with E-state index in [4.69, 9.17) is 6.11 Å². The van der Waals surface area contributed by atoms with Crippen LogP contribution < -0.4 is 15.0 Å². The first-order chi connectivity index (χ1) is 12.1. The Balaban J connectivity index is 0.00000109. The van der Waals surface area contributed by atoms with Crippen LogP contribution in [0, 0.1) is 0 Å². The van der Waals surface area contributed by atoms with Gasteiger partial charge in [0.2, 0.25) is 6.39 Å². The van der Waals surface area contributed by atoms with Gasteiger partial charge in [-0.2, -0.15) is 0 Å². The molecule has 1 aliphatic rings. The van der Waals surface area contributed by atoms with Crippen LogP contribution in [0.3, 0.4) is 0 Å². The van der Waals surface area contributed by atoms with E-state index >= 15 is 0 Å². The highest BCUT2D eigenvalue weighted by Gasteiger charge is 2.28. The van der Waals surface area contributed by atoms with Crippen molar-refractivity contribution in [2.24, 2.45) is 0 Å². The zero-order valence-electron chi connectivity index (χ0n) is 15.4. The molecule has 1 fully saturated rings. The minimum Gasteiger partial charge on any atom is -0.487 e. The molecule has 0 radical (unpaired) electrons. The van der Waals surface area contributed by atoms with Crippen molar-refractivity contribution in [3.05, 3.63) is 54.4 Å². The van der Waals surface area contributed by atoms with E-state index in [1.807, 2.05) is 63.4 Å². The van der Waals surface area contributed by atoms with Gasteiger partial charge in [-0.25, -0.2) is 0 Å². The van der Waals surface area contributed by atoms with Crippen molar-refractivity contribution in [1.82, 2.24) is 10.3 Å². The van der Waals surface area contributed by atoms with E-state index in [-0.39, 0.29) is 12.1 Å². The third kappa shape index (κ3) is 4.47. The Kier molecular flexibility index (Phi) is 6.05. The monoisotopic (exact) mass is 329 g/mol. The van der Waals surface area contributed by atoms with Crippen LogP contribution in [0.2, 0.25) is 0 Å². The molecule has 1 aromatic carbocycles. The second-order valence-corrected chi connectivity index (χ2v) is 5.39. The number of aromatic nitrogens is 1. The van der Waals surface area contributed by atoms with Gasteiger partial charge >= 0.3 is 0 Å². The van der Waals surface area contributed by atoms with E-state index in [9.17, 15) is 4.79 Å². The van der Waals surface area contributed by atoms with Gasteiger partial charge < -0.3 is 15.0 Å². The predicted octanol–water partition coefficient (Wildman–Crippen LogP) is 3.18. The third-order valence-corrected chi connectivity index (χ3v) is 3.82. The normalized spacial score (nSPS) is 15.3. The van der Waals surface area contributed by atoms with Crippen LogP contribution in [-0.4, -0.2) is 30.6 Å². The number of ether oxygens (including phenoxy) is 1. The number of anilines is 1. The molecule has 0 spiro atoms. The van der Waals surface area contributed by atoms with E-state index in [0.29, 0.717) is 0 Å². The Labute approximate surface area is 145 Å². The number of hydrogen-bond acceptors (Lipinski definition) is 4. The van der Waals surface area contributed by atoms with E-state index in [2.05, 4.69) is 15.2 Å². The lowest BCUT2D eigenvalue weighted by Crippen LogP contribution is -2.54. The summed E-state index contributed by atoms with van der Waals surface area (Å²) in [5.74, 6) is 0.814. The molecule has 1 aromatic heterocycles. The maximum Gasteiger partial charge on any atom is 0.207 e. The first-order valence-electron chi connectivity index (χ1n) is 8.80. The number of carbonyl (C=O) groups excluding carboxylic acids is 1. The number of rotatable bonds is 5. The van der Waals surface area contributed by atoms with Gasteiger partial charge in [0.15, 0.2) is 0 Å². The van der Waals surface area contributed by atoms with Gasteiger partial charge in [0.1, 0.15) is 13.2 Å². The minimum atomic E-state index is -0.775. The van der Waals surface area contributed by atoms with Crippen molar-refractivity contribution >= 4 is 12.1 Å². The van der Waals surface area contributed by atoms with Crippen LogP contribution in [0.15, 0.2) is 48.8 Å². The second kappa shape index (κ2) is 8.91. The quantitative estimate of drug-likeness (QED) is 0.856. The lowest BCUT2D eigenvalue weighted by Gasteiger charge is -2.40. The van der Waals surface area contributed by atoms with Crippen molar-refractivity contribution in [2.45, 2.75) is 32.9 Å². The van der Waals surface area contributed by atoms with E-state index in [1.54, 1.807) is 6.20 Å². The molecule has 2 aromatic rings. The average Bonchev–Trinajstić information content (AvgIpc) is 2.60. The molecule has 0 bridgehead atoms. The van der Waals surface area contributed by atoms with Gasteiger partial charge in [0, 0.05) is 6.20 Å². The molecule has 5 heteroatoms. The fourth-order valence-electron chi connectivity index (χ4n) is 2.46. The molecule has 0 aliphatic carbocycles. The zero-order chi connectivity index (χ0) is 18.2.